The number of hydrogen-bond donors (Lipinski definition) is 0. The van der Waals surface area contributed by atoms with E-state index in [4.69, 9.17) is 4.42 Å². The van der Waals surface area contributed by atoms with Crippen molar-refractivity contribution in [1.29, 1.82) is 0 Å². The van der Waals surface area contributed by atoms with Crippen LogP contribution in [-0.4, -0.2) is 0 Å². The fourth-order valence-corrected chi connectivity index (χ4v) is 1.71. The van der Waals surface area contributed by atoms with E-state index in [1.807, 2.05) is 18.2 Å². The third kappa shape index (κ3) is 1.86. The number of rotatable bonds is 3. The lowest BCUT2D eigenvalue weighted by molar-refractivity contribution is 0.554. The van der Waals surface area contributed by atoms with Gasteiger partial charge in [0.05, 0.1) is 6.26 Å². The predicted octanol–water partition coefficient (Wildman–Crippen LogP) is 3.90. The Labute approximate surface area is 90.1 Å². The first-order valence-corrected chi connectivity index (χ1v) is 5.14. The lowest BCUT2D eigenvalue weighted by Crippen LogP contribution is -1.91. The van der Waals surface area contributed by atoms with Gasteiger partial charge in [0.25, 0.3) is 0 Å². The summed E-state index contributed by atoms with van der Waals surface area (Å²) in [5, 5.41) is 0. The molecule has 2 rings (SSSR count). The monoisotopic (exact) mass is 198 g/mol. The molecule has 0 radical (unpaired) electrons. The summed E-state index contributed by atoms with van der Waals surface area (Å²) in [7, 11) is 0. The molecule has 0 fully saturated rings. The van der Waals surface area contributed by atoms with E-state index in [1.54, 1.807) is 6.26 Å². The molecule has 0 aliphatic heterocycles. The number of furan rings is 1. The van der Waals surface area contributed by atoms with Crippen LogP contribution in [0.15, 0.2) is 53.7 Å². The summed E-state index contributed by atoms with van der Waals surface area (Å²) in [5.41, 5.74) is 3.44. The van der Waals surface area contributed by atoms with Crippen molar-refractivity contribution in [2.24, 2.45) is 0 Å². The van der Waals surface area contributed by atoms with Gasteiger partial charge < -0.3 is 4.42 Å². The summed E-state index contributed by atoms with van der Waals surface area (Å²) in [4.78, 5) is 0. The van der Waals surface area contributed by atoms with E-state index in [0.29, 0.717) is 0 Å². The van der Waals surface area contributed by atoms with E-state index in [0.717, 1.165) is 17.8 Å². The van der Waals surface area contributed by atoms with Crippen LogP contribution in [0.1, 0.15) is 23.8 Å². The van der Waals surface area contributed by atoms with Gasteiger partial charge in [-0.25, -0.2) is 0 Å². The molecule has 0 saturated carbocycles. The van der Waals surface area contributed by atoms with E-state index < -0.39 is 0 Å². The Morgan fingerprint density at radius 3 is 2.67 bits per heavy atom. The van der Waals surface area contributed by atoms with Crippen LogP contribution >= 0.6 is 0 Å². The fourth-order valence-electron chi connectivity index (χ4n) is 1.71. The normalized spacial score (nSPS) is 10.2. The van der Waals surface area contributed by atoms with Crippen LogP contribution in [0.2, 0.25) is 0 Å². The lowest BCUT2D eigenvalue weighted by atomic mass is 9.98. The molecule has 1 heteroatoms. The Morgan fingerprint density at radius 2 is 2.00 bits per heavy atom. The highest BCUT2D eigenvalue weighted by molar-refractivity contribution is 5.77. The third-order valence-electron chi connectivity index (χ3n) is 2.54. The minimum atomic E-state index is 0.843. The Hall–Kier alpha value is -1.76. The van der Waals surface area contributed by atoms with E-state index in [1.165, 1.54) is 11.1 Å². The molecule has 0 amide bonds. The molecule has 1 heterocycles. The summed E-state index contributed by atoms with van der Waals surface area (Å²) in [6, 6.07) is 12.1. The molecule has 76 valence electrons. The summed E-state index contributed by atoms with van der Waals surface area (Å²) >= 11 is 0. The van der Waals surface area contributed by atoms with E-state index in [9.17, 15) is 0 Å². The quantitative estimate of drug-likeness (QED) is 0.729. The molecule has 2 aromatic rings. The average molecular weight is 198 g/mol. The first kappa shape index (κ1) is 9.78. The van der Waals surface area contributed by atoms with Crippen LogP contribution in [-0.2, 0) is 6.42 Å². The minimum Gasteiger partial charge on any atom is -0.464 e. The predicted molar refractivity (Wildman–Crippen MR) is 62.7 cm³/mol. The van der Waals surface area contributed by atoms with Crippen LogP contribution in [0.5, 0.6) is 0 Å². The standard InChI is InChI=1S/C14H14O/c1-3-12-7-4-5-8-13(12)11(2)14-9-6-10-15-14/h4-10H,2-3H2,1H3. The average Bonchev–Trinajstić information content (AvgIpc) is 2.81. The van der Waals surface area contributed by atoms with E-state index in [-0.39, 0.29) is 0 Å². The van der Waals surface area contributed by atoms with Gasteiger partial charge in [0.1, 0.15) is 5.76 Å². The largest absolute Gasteiger partial charge is 0.464 e. The fraction of sp³-hybridized carbons (Fsp3) is 0.143. The summed E-state index contributed by atoms with van der Waals surface area (Å²) in [6.07, 6.45) is 2.69. The van der Waals surface area contributed by atoms with Gasteiger partial charge in [0.15, 0.2) is 0 Å². The molecule has 1 nitrogen and oxygen atoms in total. The van der Waals surface area contributed by atoms with Crippen molar-refractivity contribution in [3.8, 4) is 0 Å². The van der Waals surface area contributed by atoms with Gasteiger partial charge in [-0.2, -0.15) is 0 Å². The second kappa shape index (κ2) is 4.18. The maximum atomic E-state index is 5.35. The molecule has 0 aliphatic carbocycles. The van der Waals surface area contributed by atoms with Crippen molar-refractivity contribution in [3.05, 3.63) is 66.1 Å². The Bertz CT molecular complexity index is 452. The summed E-state index contributed by atoms with van der Waals surface area (Å²) in [5.74, 6) is 0.843. The highest BCUT2D eigenvalue weighted by Gasteiger charge is 2.07. The zero-order valence-corrected chi connectivity index (χ0v) is 8.86. The highest BCUT2D eigenvalue weighted by Crippen LogP contribution is 2.25. The van der Waals surface area contributed by atoms with Crippen molar-refractivity contribution in [3.63, 3.8) is 0 Å². The molecule has 0 spiro atoms. The zero-order valence-electron chi connectivity index (χ0n) is 8.86. The number of benzene rings is 1. The second-order valence-corrected chi connectivity index (χ2v) is 3.47. The minimum absolute atomic E-state index is 0.843. The van der Waals surface area contributed by atoms with Gasteiger partial charge >= 0.3 is 0 Å². The molecule has 1 aromatic carbocycles. The van der Waals surface area contributed by atoms with Crippen molar-refractivity contribution in [2.45, 2.75) is 13.3 Å². The van der Waals surface area contributed by atoms with Gasteiger partial charge in [0.2, 0.25) is 0 Å². The van der Waals surface area contributed by atoms with Gasteiger partial charge in [-0.05, 0) is 29.7 Å². The maximum Gasteiger partial charge on any atom is 0.133 e. The van der Waals surface area contributed by atoms with Crippen LogP contribution in [0.25, 0.3) is 5.57 Å². The molecule has 0 saturated heterocycles. The number of aryl methyl sites for hydroxylation is 1. The smallest absolute Gasteiger partial charge is 0.133 e. The third-order valence-corrected chi connectivity index (χ3v) is 2.54. The first-order chi connectivity index (χ1) is 7.33. The number of hydrogen-bond acceptors (Lipinski definition) is 1. The van der Waals surface area contributed by atoms with Crippen molar-refractivity contribution in [1.82, 2.24) is 0 Å². The molecule has 0 bridgehead atoms. The zero-order chi connectivity index (χ0) is 10.7. The maximum absolute atomic E-state index is 5.35. The Kier molecular flexibility index (Phi) is 2.72. The first-order valence-electron chi connectivity index (χ1n) is 5.14. The van der Waals surface area contributed by atoms with E-state index in [2.05, 4.69) is 31.7 Å². The van der Waals surface area contributed by atoms with Gasteiger partial charge in [0, 0.05) is 5.57 Å². The Morgan fingerprint density at radius 1 is 1.20 bits per heavy atom. The van der Waals surface area contributed by atoms with Gasteiger partial charge in [-0.3, -0.25) is 0 Å². The summed E-state index contributed by atoms with van der Waals surface area (Å²) < 4.78 is 5.35. The highest BCUT2D eigenvalue weighted by atomic mass is 16.3. The van der Waals surface area contributed by atoms with Gasteiger partial charge in [-0.15, -0.1) is 0 Å². The van der Waals surface area contributed by atoms with E-state index >= 15 is 0 Å². The van der Waals surface area contributed by atoms with Crippen LogP contribution in [0.4, 0.5) is 0 Å². The second-order valence-electron chi connectivity index (χ2n) is 3.47. The SMILES string of the molecule is C=C(c1ccco1)c1ccccc1CC. The molecule has 15 heavy (non-hydrogen) atoms. The molecule has 0 aliphatic rings. The van der Waals surface area contributed by atoms with Crippen LogP contribution in [0, 0.1) is 0 Å². The van der Waals surface area contributed by atoms with Gasteiger partial charge in [-0.1, -0.05) is 37.8 Å². The Balaban J connectivity index is 2.42. The molecule has 0 N–H and O–H groups in total. The lowest BCUT2D eigenvalue weighted by Gasteiger charge is -2.08. The molecular weight excluding hydrogens is 184 g/mol. The topological polar surface area (TPSA) is 13.1 Å². The van der Waals surface area contributed by atoms with Crippen molar-refractivity contribution >= 4 is 5.57 Å². The van der Waals surface area contributed by atoms with Crippen LogP contribution < -0.4 is 0 Å². The molecule has 0 atom stereocenters. The molecule has 1 aromatic heterocycles. The van der Waals surface area contributed by atoms with Crippen molar-refractivity contribution < 1.29 is 4.42 Å². The summed E-state index contributed by atoms with van der Waals surface area (Å²) in [6.45, 7) is 6.23. The molecular formula is C14H14O. The van der Waals surface area contributed by atoms with Crippen LogP contribution in [0.3, 0.4) is 0 Å². The van der Waals surface area contributed by atoms with Crippen molar-refractivity contribution in [2.75, 3.05) is 0 Å². The molecule has 0 unspecified atom stereocenters.